The van der Waals surface area contributed by atoms with E-state index in [1.165, 1.54) is 0 Å². The zero-order chi connectivity index (χ0) is 13.7. The standard InChI is InChI=1S/C13H11ClN4S/c14-10-1-3-11(4-2-10)17-13(19)18-12(15)9-5-7-16-8-6-9/h1-8H,(H3,15,17,18,19). The fraction of sp³-hybridized carbons (Fsp3) is 0. The van der Waals surface area contributed by atoms with Gasteiger partial charge < -0.3 is 11.1 Å². The predicted molar refractivity (Wildman–Crippen MR) is 82.6 cm³/mol. The molecule has 0 bridgehead atoms. The number of pyridine rings is 1. The maximum Gasteiger partial charge on any atom is 0.199 e. The summed E-state index contributed by atoms with van der Waals surface area (Å²) in [4.78, 5) is 8.03. The first-order valence-corrected chi connectivity index (χ1v) is 6.25. The molecule has 2 rings (SSSR count). The monoisotopic (exact) mass is 290 g/mol. The number of aliphatic imine (C=N–C) groups is 1. The van der Waals surface area contributed by atoms with Crippen molar-refractivity contribution in [2.75, 3.05) is 5.32 Å². The second kappa shape index (κ2) is 6.26. The summed E-state index contributed by atoms with van der Waals surface area (Å²) in [5, 5.41) is 3.91. The Morgan fingerprint density at radius 3 is 2.42 bits per heavy atom. The van der Waals surface area contributed by atoms with Crippen LogP contribution >= 0.6 is 23.8 Å². The summed E-state index contributed by atoms with van der Waals surface area (Å²) in [6.45, 7) is 0. The Morgan fingerprint density at radius 1 is 1.16 bits per heavy atom. The van der Waals surface area contributed by atoms with Crippen LogP contribution in [-0.4, -0.2) is 15.9 Å². The van der Waals surface area contributed by atoms with Gasteiger partial charge in [0.25, 0.3) is 0 Å². The number of nitrogens with zero attached hydrogens (tertiary/aromatic N) is 2. The van der Waals surface area contributed by atoms with Crippen LogP contribution in [0.1, 0.15) is 5.56 Å². The summed E-state index contributed by atoms with van der Waals surface area (Å²) < 4.78 is 0. The Bertz CT molecular complexity index is 596. The van der Waals surface area contributed by atoms with Gasteiger partial charge in [0.15, 0.2) is 5.11 Å². The van der Waals surface area contributed by atoms with E-state index in [-0.39, 0.29) is 5.11 Å². The van der Waals surface area contributed by atoms with Crippen LogP contribution in [0.3, 0.4) is 0 Å². The topological polar surface area (TPSA) is 63.3 Å². The van der Waals surface area contributed by atoms with Gasteiger partial charge in [-0.1, -0.05) is 11.6 Å². The summed E-state index contributed by atoms with van der Waals surface area (Å²) >= 11 is 10.9. The van der Waals surface area contributed by atoms with E-state index in [0.717, 1.165) is 11.3 Å². The number of hydrogen-bond acceptors (Lipinski definition) is 2. The highest BCUT2D eigenvalue weighted by Crippen LogP contribution is 2.13. The number of thiocarbonyl (C=S) groups is 1. The molecule has 0 aliphatic heterocycles. The minimum absolute atomic E-state index is 0.289. The van der Waals surface area contributed by atoms with Crippen molar-refractivity contribution in [3.63, 3.8) is 0 Å². The van der Waals surface area contributed by atoms with Crippen LogP contribution in [0, 0.1) is 0 Å². The fourth-order valence-corrected chi connectivity index (χ4v) is 1.72. The lowest BCUT2D eigenvalue weighted by molar-refractivity contribution is 1.31. The van der Waals surface area contributed by atoms with Gasteiger partial charge in [0.1, 0.15) is 5.84 Å². The van der Waals surface area contributed by atoms with Crippen molar-refractivity contribution in [2.45, 2.75) is 0 Å². The quantitative estimate of drug-likeness (QED) is 0.507. The molecule has 0 atom stereocenters. The molecule has 0 saturated heterocycles. The summed E-state index contributed by atoms with van der Waals surface area (Å²) in [5.41, 5.74) is 7.43. The minimum Gasteiger partial charge on any atom is -0.383 e. The van der Waals surface area contributed by atoms with Crippen LogP contribution in [0.15, 0.2) is 53.8 Å². The van der Waals surface area contributed by atoms with Crippen molar-refractivity contribution >= 4 is 40.5 Å². The molecule has 1 aromatic heterocycles. The molecular formula is C13H11ClN4S. The number of rotatable bonds is 2. The lowest BCUT2D eigenvalue weighted by Crippen LogP contribution is -2.18. The second-order valence-electron chi connectivity index (χ2n) is 3.67. The zero-order valence-corrected chi connectivity index (χ0v) is 11.4. The van der Waals surface area contributed by atoms with Crippen LogP contribution in [0.25, 0.3) is 0 Å². The highest BCUT2D eigenvalue weighted by molar-refractivity contribution is 7.80. The van der Waals surface area contributed by atoms with Gasteiger partial charge >= 0.3 is 0 Å². The van der Waals surface area contributed by atoms with E-state index >= 15 is 0 Å². The Morgan fingerprint density at radius 2 is 1.79 bits per heavy atom. The molecule has 1 aromatic carbocycles. The van der Waals surface area contributed by atoms with E-state index in [1.807, 2.05) is 12.1 Å². The predicted octanol–water partition coefficient (Wildman–Crippen LogP) is 2.84. The summed E-state index contributed by atoms with van der Waals surface area (Å²) in [5.74, 6) is 0.342. The molecule has 0 unspecified atom stereocenters. The third kappa shape index (κ3) is 4.01. The molecular weight excluding hydrogens is 280 g/mol. The molecule has 1 heterocycles. The van der Waals surface area contributed by atoms with E-state index < -0.39 is 0 Å². The van der Waals surface area contributed by atoms with E-state index in [9.17, 15) is 0 Å². The van der Waals surface area contributed by atoms with Gasteiger partial charge in [-0.3, -0.25) is 4.98 Å². The third-order valence-corrected chi connectivity index (χ3v) is 2.74. The average molecular weight is 291 g/mol. The lowest BCUT2D eigenvalue weighted by atomic mass is 10.2. The summed E-state index contributed by atoms with van der Waals surface area (Å²) in [7, 11) is 0. The van der Waals surface area contributed by atoms with Crippen molar-refractivity contribution in [2.24, 2.45) is 10.7 Å². The van der Waals surface area contributed by atoms with Gasteiger partial charge in [-0.2, -0.15) is 0 Å². The van der Waals surface area contributed by atoms with E-state index in [2.05, 4.69) is 15.3 Å². The van der Waals surface area contributed by atoms with Gasteiger partial charge in [-0.15, -0.1) is 0 Å². The molecule has 2 aromatic rings. The average Bonchev–Trinajstić information content (AvgIpc) is 2.42. The molecule has 4 nitrogen and oxygen atoms in total. The summed E-state index contributed by atoms with van der Waals surface area (Å²) in [6.07, 6.45) is 3.29. The number of nitrogens with two attached hydrogens (primary N) is 1. The molecule has 0 fully saturated rings. The molecule has 0 radical (unpaired) electrons. The minimum atomic E-state index is 0.289. The van der Waals surface area contributed by atoms with E-state index in [4.69, 9.17) is 29.6 Å². The van der Waals surface area contributed by atoms with Crippen LogP contribution in [0.2, 0.25) is 5.02 Å². The third-order valence-electron chi connectivity index (χ3n) is 2.29. The van der Waals surface area contributed by atoms with Gasteiger partial charge in [0, 0.05) is 28.7 Å². The van der Waals surface area contributed by atoms with E-state index in [1.54, 1.807) is 36.7 Å². The van der Waals surface area contributed by atoms with Crippen LogP contribution < -0.4 is 11.1 Å². The first kappa shape index (κ1) is 13.5. The van der Waals surface area contributed by atoms with Crippen molar-refractivity contribution < 1.29 is 0 Å². The van der Waals surface area contributed by atoms with Crippen LogP contribution in [0.4, 0.5) is 5.69 Å². The SMILES string of the molecule is NC(=NC(=S)Nc1ccc(Cl)cc1)c1ccncc1. The molecule has 0 aliphatic rings. The highest BCUT2D eigenvalue weighted by Gasteiger charge is 2.00. The molecule has 96 valence electrons. The van der Waals surface area contributed by atoms with Gasteiger partial charge in [0.05, 0.1) is 0 Å². The first-order chi connectivity index (χ1) is 9.15. The van der Waals surface area contributed by atoms with Crippen molar-refractivity contribution in [3.8, 4) is 0 Å². The number of halogens is 1. The Hall–Kier alpha value is -1.98. The zero-order valence-electron chi connectivity index (χ0n) is 9.88. The van der Waals surface area contributed by atoms with Gasteiger partial charge in [-0.05, 0) is 48.6 Å². The first-order valence-electron chi connectivity index (χ1n) is 5.46. The Labute approximate surface area is 121 Å². The summed E-state index contributed by atoms with van der Waals surface area (Å²) in [6, 6.07) is 10.7. The second-order valence-corrected chi connectivity index (χ2v) is 4.49. The molecule has 0 aliphatic carbocycles. The molecule has 3 N–H and O–H groups in total. The Balaban J connectivity index is 2.07. The number of benzene rings is 1. The smallest absolute Gasteiger partial charge is 0.199 e. The van der Waals surface area contributed by atoms with E-state index in [0.29, 0.717) is 10.9 Å². The molecule has 0 amide bonds. The van der Waals surface area contributed by atoms with Crippen molar-refractivity contribution in [3.05, 3.63) is 59.4 Å². The molecule has 0 saturated carbocycles. The van der Waals surface area contributed by atoms with Crippen LogP contribution in [-0.2, 0) is 0 Å². The molecule has 0 spiro atoms. The maximum atomic E-state index is 5.85. The maximum absolute atomic E-state index is 5.85. The lowest BCUT2D eigenvalue weighted by Gasteiger charge is -2.05. The normalized spacial score (nSPS) is 11.1. The highest BCUT2D eigenvalue weighted by atomic mass is 35.5. The van der Waals surface area contributed by atoms with Gasteiger partial charge in [0.2, 0.25) is 0 Å². The number of hydrogen-bond donors (Lipinski definition) is 2. The fourth-order valence-electron chi connectivity index (χ4n) is 1.38. The van der Waals surface area contributed by atoms with Crippen molar-refractivity contribution in [1.82, 2.24) is 4.98 Å². The van der Waals surface area contributed by atoms with Crippen LogP contribution in [0.5, 0.6) is 0 Å². The van der Waals surface area contributed by atoms with Gasteiger partial charge in [-0.25, -0.2) is 4.99 Å². The number of aromatic nitrogens is 1. The Kier molecular flexibility index (Phi) is 4.43. The van der Waals surface area contributed by atoms with Crippen molar-refractivity contribution in [1.29, 1.82) is 0 Å². The number of amidine groups is 1. The largest absolute Gasteiger partial charge is 0.383 e. The molecule has 19 heavy (non-hydrogen) atoms. The number of nitrogens with one attached hydrogen (secondary N) is 1. The number of anilines is 1. The molecule has 6 heteroatoms.